The normalized spacial score (nSPS) is 14.3. The van der Waals surface area contributed by atoms with Gasteiger partial charge in [0.2, 0.25) is 5.28 Å². The number of hydrogen-bond acceptors (Lipinski definition) is 6. The van der Waals surface area contributed by atoms with Crippen molar-refractivity contribution in [3.05, 3.63) is 35.9 Å². The molecule has 22 heavy (non-hydrogen) atoms. The summed E-state index contributed by atoms with van der Waals surface area (Å²) >= 11 is 0. The van der Waals surface area contributed by atoms with Crippen LogP contribution in [0.3, 0.4) is 0 Å². The predicted octanol–water partition coefficient (Wildman–Crippen LogP) is 1.32. The fourth-order valence-electron chi connectivity index (χ4n) is 1.48. The highest BCUT2D eigenvalue weighted by Gasteiger charge is 2.53. The second-order valence-corrected chi connectivity index (χ2v) is 6.83. The summed E-state index contributed by atoms with van der Waals surface area (Å²) in [7, 11) is -2.31. The Kier molecular flexibility index (Phi) is 5.85. The van der Waals surface area contributed by atoms with Crippen LogP contribution in [0, 0.1) is 0 Å². The molecular formula is C13H18NO7P. The Labute approximate surface area is 127 Å². The fraction of sp³-hybridized carbons (Fsp3) is 0.385. The largest absolute Gasteiger partial charge is 0.516 e. The van der Waals surface area contributed by atoms with E-state index in [9.17, 15) is 23.9 Å². The van der Waals surface area contributed by atoms with Gasteiger partial charge in [0.15, 0.2) is 0 Å². The van der Waals surface area contributed by atoms with E-state index in [4.69, 9.17) is 4.74 Å². The first-order chi connectivity index (χ1) is 10.1. The molecule has 1 rings (SSSR count). The molecule has 9 heteroatoms. The van der Waals surface area contributed by atoms with Crippen LogP contribution >= 0.6 is 7.60 Å². The first kappa shape index (κ1) is 18.3. The zero-order chi connectivity index (χ0) is 17.0. The van der Waals surface area contributed by atoms with E-state index < -0.39 is 25.0 Å². The van der Waals surface area contributed by atoms with E-state index in [1.807, 2.05) is 0 Å². The van der Waals surface area contributed by atoms with E-state index in [1.54, 1.807) is 30.3 Å². The number of carbonyl (C=O) groups excluding carboxylic acids is 2. The first-order valence-electron chi connectivity index (χ1n) is 6.25. The highest BCUT2D eigenvalue weighted by molar-refractivity contribution is 7.54. The second-order valence-electron chi connectivity index (χ2n) is 4.87. The third-order valence-electron chi connectivity index (χ3n) is 3.20. The van der Waals surface area contributed by atoms with Crippen LogP contribution in [0.2, 0.25) is 0 Å². The van der Waals surface area contributed by atoms with E-state index in [-0.39, 0.29) is 6.61 Å². The highest BCUT2D eigenvalue weighted by Crippen LogP contribution is 2.52. The number of likely N-dealkylation sites (N-methyl/N-ethyl adjacent to an activating group) is 1. The molecule has 1 aromatic carbocycles. The Morgan fingerprint density at radius 2 is 1.77 bits per heavy atom. The van der Waals surface area contributed by atoms with Crippen LogP contribution in [-0.2, 0) is 25.4 Å². The third kappa shape index (κ3) is 4.14. The monoisotopic (exact) mass is 331 g/mol. The van der Waals surface area contributed by atoms with Gasteiger partial charge in [-0.25, -0.2) is 9.59 Å². The molecule has 0 aliphatic rings. The maximum absolute atomic E-state index is 11.9. The van der Waals surface area contributed by atoms with E-state index in [0.717, 1.165) is 11.8 Å². The lowest BCUT2D eigenvalue weighted by Crippen LogP contribution is -2.49. The Morgan fingerprint density at radius 1 is 1.23 bits per heavy atom. The molecule has 0 fully saturated rings. The van der Waals surface area contributed by atoms with Gasteiger partial charge in [-0.2, -0.15) is 0 Å². The maximum atomic E-state index is 11.9. The van der Waals surface area contributed by atoms with Gasteiger partial charge in [-0.3, -0.25) is 9.46 Å². The molecule has 0 aliphatic carbocycles. The lowest BCUT2D eigenvalue weighted by molar-refractivity contribution is -0.147. The SMILES string of the molecule is CN(C)[C@@](C)(C(=O)OC(=O)OCc1ccccc1)P(=O)(O)O. The number of rotatable bonds is 5. The number of esters is 1. The van der Waals surface area contributed by atoms with Gasteiger partial charge in [-0.15, -0.1) is 0 Å². The van der Waals surface area contributed by atoms with Crippen LogP contribution in [0.5, 0.6) is 0 Å². The number of hydrogen-bond donors (Lipinski definition) is 2. The van der Waals surface area contributed by atoms with Crippen LogP contribution in [0.4, 0.5) is 4.79 Å². The summed E-state index contributed by atoms with van der Waals surface area (Å²) in [4.78, 5) is 43.0. The van der Waals surface area contributed by atoms with Crippen LogP contribution < -0.4 is 0 Å². The molecule has 2 N–H and O–H groups in total. The molecule has 0 radical (unpaired) electrons. The molecule has 0 saturated carbocycles. The summed E-state index contributed by atoms with van der Waals surface area (Å²) in [5.41, 5.74) is 0.678. The van der Waals surface area contributed by atoms with Crippen molar-refractivity contribution in [1.82, 2.24) is 4.90 Å². The molecule has 1 atom stereocenters. The molecule has 0 spiro atoms. The summed E-state index contributed by atoms with van der Waals surface area (Å²) < 4.78 is 20.6. The lowest BCUT2D eigenvalue weighted by Gasteiger charge is -2.33. The molecule has 122 valence electrons. The van der Waals surface area contributed by atoms with E-state index in [1.165, 1.54) is 14.1 Å². The van der Waals surface area contributed by atoms with Crippen molar-refractivity contribution in [3.63, 3.8) is 0 Å². The molecular weight excluding hydrogens is 313 g/mol. The number of ether oxygens (including phenoxy) is 2. The van der Waals surface area contributed by atoms with Gasteiger partial charge in [0.1, 0.15) is 6.61 Å². The third-order valence-corrected chi connectivity index (χ3v) is 4.92. The van der Waals surface area contributed by atoms with Gasteiger partial charge in [0.25, 0.3) is 0 Å². The smallest absolute Gasteiger partial charge is 0.429 e. The summed E-state index contributed by atoms with van der Waals surface area (Å²) in [6.45, 7) is 0.863. The fourth-order valence-corrected chi connectivity index (χ4v) is 2.28. The van der Waals surface area contributed by atoms with Crippen LogP contribution in [0.1, 0.15) is 12.5 Å². The van der Waals surface area contributed by atoms with Crippen molar-refractivity contribution in [2.45, 2.75) is 18.8 Å². The van der Waals surface area contributed by atoms with Crippen molar-refractivity contribution < 1.29 is 33.4 Å². The lowest BCUT2D eigenvalue weighted by atomic mass is 10.2. The Morgan fingerprint density at radius 3 is 2.23 bits per heavy atom. The van der Waals surface area contributed by atoms with Gasteiger partial charge in [-0.05, 0) is 26.6 Å². The topological polar surface area (TPSA) is 113 Å². The Bertz CT molecular complexity index is 583. The van der Waals surface area contributed by atoms with Crippen LogP contribution in [-0.4, -0.2) is 46.2 Å². The predicted molar refractivity (Wildman–Crippen MR) is 76.9 cm³/mol. The summed E-state index contributed by atoms with van der Waals surface area (Å²) in [6.07, 6.45) is -1.32. The summed E-state index contributed by atoms with van der Waals surface area (Å²) in [5, 5.41) is -2.28. The van der Waals surface area contributed by atoms with Crippen LogP contribution in [0.15, 0.2) is 30.3 Å². The van der Waals surface area contributed by atoms with E-state index >= 15 is 0 Å². The van der Waals surface area contributed by atoms with Crippen molar-refractivity contribution in [2.75, 3.05) is 14.1 Å². The van der Waals surface area contributed by atoms with Crippen molar-refractivity contribution in [1.29, 1.82) is 0 Å². The molecule has 0 bridgehead atoms. The highest BCUT2D eigenvalue weighted by atomic mass is 31.2. The van der Waals surface area contributed by atoms with E-state index in [2.05, 4.69) is 4.74 Å². The molecule has 0 amide bonds. The van der Waals surface area contributed by atoms with E-state index in [0.29, 0.717) is 5.56 Å². The molecule has 0 heterocycles. The molecule has 0 aromatic heterocycles. The zero-order valence-corrected chi connectivity index (χ0v) is 13.3. The Hall–Kier alpha value is -1.73. The zero-order valence-electron chi connectivity index (χ0n) is 12.4. The van der Waals surface area contributed by atoms with Gasteiger partial charge >= 0.3 is 19.7 Å². The average Bonchev–Trinajstić information content (AvgIpc) is 2.43. The first-order valence-corrected chi connectivity index (χ1v) is 7.86. The minimum absolute atomic E-state index is 0.123. The average molecular weight is 331 g/mol. The van der Waals surface area contributed by atoms with Crippen LogP contribution in [0.25, 0.3) is 0 Å². The summed E-state index contributed by atoms with van der Waals surface area (Å²) in [5.74, 6) is -1.39. The standard InChI is InChI=1S/C13H18NO7P/c1-13(14(2)3,22(17,18)19)11(15)21-12(16)20-9-10-7-5-4-6-8-10/h4-8H,9H2,1-3H3,(H2,17,18,19)/t13-/m1/s1. The van der Waals surface area contributed by atoms with Crippen molar-refractivity contribution in [2.24, 2.45) is 0 Å². The minimum Gasteiger partial charge on any atom is -0.429 e. The molecule has 1 aromatic rings. The maximum Gasteiger partial charge on any atom is 0.516 e. The molecule has 0 unspecified atom stereocenters. The summed E-state index contributed by atoms with van der Waals surface area (Å²) in [6, 6.07) is 8.68. The molecule has 8 nitrogen and oxygen atoms in total. The van der Waals surface area contributed by atoms with Crippen molar-refractivity contribution in [3.8, 4) is 0 Å². The molecule has 0 aliphatic heterocycles. The number of nitrogens with zero attached hydrogens (tertiary/aromatic N) is 1. The number of benzene rings is 1. The number of carbonyl (C=O) groups is 2. The van der Waals surface area contributed by atoms with Gasteiger partial charge in [0, 0.05) is 0 Å². The van der Waals surface area contributed by atoms with Gasteiger partial charge < -0.3 is 19.3 Å². The minimum atomic E-state index is -4.89. The Balaban J connectivity index is 2.70. The van der Waals surface area contributed by atoms with Crippen molar-refractivity contribution >= 4 is 19.7 Å². The van der Waals surface area contributed by atoms with Gasteiger partial charge in [-0.1, -0.05) is 30.3 Å². The molecule has 0 saturated heterocycles. The quantitative estimate of drug-likeness (QED) is 0.472. The van der Waals surface area contributed by atoms with Gasteiger partial charge in [0.05, 0.1) is 0 Å². The second kappa shape index (κ2) is 7.02.